The Morgan fingerprint density at radius 1 is 1.04 bits per heavy atom. The molecule has 3 heterocycles. The number of halogens is 2. The molecule has 46 heavy (non-hydrogen) atoms. The van der Waals surface area contributed by atoms with Crippen LogP contribution in [0.25, 0.3) is 22.0 Å². The van der Waals surface area contributed by atoms with Crippen molar-refractivity contribution in [3.05, 3.63) is 116 Å². The van der Waals surface area contributed by atoms with E-state index >= 15 is 0 Å². The molecule has 12 nitrogen and oxygen atoms in total. The number of hydrogen-bond acceptors (Lipinski definition) is 8. The van der Waals surface area contributed by atoms with Gasteiger partial charge >= 0.3 is 11.0 Å². The van der Waals surface area contributed by atoms with Crippen LogP contribution in [-0.4, -0.2) is 39.4 Å². The minimum Gasteiger partial charge on any atom is -0.497 e. The number of para-hydroxylation sites is 1. The zero-order valence-electron chi connectivity index (χ0n) is 24.2. The maximum Gasteiger partial charge on any atom is 0.345 e. The summed E-state index contributed by atoms with van der Waals surface area (Å²) in [6.45, 7) is 0.323. The first-order chi connectivity index (χ1) is 22.0. The number of imide groups is 1. The highest BCUT2D eigenvalue weighted by atomic mass is 35.5. The molecule has 0 saturated carbocycles. The summed E-state index contributed by atoms with van der Waals surface area (Å²) >= 11 is 13.0. The van der Waals surface area contributed by atoms with Crippen LogP contribution in [0.2, 0.25) is 10.0 Å². The standard InChI is InChI=1S/C19H12Cl2N2O2.C12H12N4O4S/c1-23-9-13(11-4-2-3-5-15(11)23)17-16(18(24)22-19(17)25)12-7-6-10(20)8-14(12)21;1-20-9-4-2-8(3-5-9)6-13-11(17)15-12-14-7-10(21-12)16(18)19/h2-9H,1H3,(H,22,24,25);2-5,7H,6H2,1H3,(H2,13,14,15,17). The van der Waals surface area contributed by atoms with E-state index in [1.807, 2.05) is 54.2 Å². The molecule has 6 rings (SSSR count). The van der Waals surface area contributed by atoms with Crippen molar-refractivity contribution in [2.45, 2.75) is 6.54 Å². The smallest absolute Gasteiger partial charge is 0.345 e. The number of hydrogen-bond donors (Lipinski definition) is 3. The lowest BCUT2D eigenvalue weighted by Crippen LogP contribution is -2.28. The number of aromatic nitrogens is 2. The predicted octanol–water partition coefficient (Wildman–Crippen LogP) is 6.43. The van der Waals surface area contributed by atoms with Crippen molar-refractivity contribution >= 4 is 84.6 Å². The molecule has 0 fully saturated rings. The molecule has 0 radical (unpaired) electrons. The number of aryl methyl sites for hydroxylation is 1. The number of anilines is 1. The van der Waals surface area contributed by atoms with E-state index in [9.17, 15) is 24.5 Å². The number of carbonyl (C=O) groups is 3. The van der Waals surface area contributed by atoms with Crippen LogP contribution in [0.1, 0.15) is 16.7 Å². The van der Waals surface area contributed by atoms with E-state index in [1.54, 1.807) is 37.4 Å². The summed E-state index contributed by atoms with van der Waals surface area (Å²) in [5.41, 5.74) is 3.64. The fourth-order valence-corrected chi connectivity index (χ4v) is 5.81. The lowest BCUT2D eigenvalue weighted by Gasteiger charge is -2.06. The minimum absolute atomic E-state index is 0.125. The second-order valence-corrected chi connectivity index (χ2v) is 11.6. The number of nitrogens with one attached hydrogen (secondary N) is 3. The number of thiazole rings is 1. The largest absolute Gasteiger partial charge is 0.497 e. The molecule has 0 saturated heterocycles. The lowest BCUT2D eigenvalue weighted by atomic mass is 9.96. The third-order valence-corrected chi connectivity index (χ3v) is 8.22. The molecule has 234 valence electrons. The number of methoxy groups -OCH3 is 1. The topological polar surface area (TPSA) is 157 Å². The van der Waals surface area contributed by atoms with Crippen LogP contribution in [-0.2, 0) is 23.2 Å². The van der Waals surface area contributed by atoms with Gasteiger partial charge in [0, 0.05) is 46.8 Å². The summed E-state index contributed by atoms with van der Waals surface area (Å²) in [7, 11) is 3.48. The quantitative estimate of drug-likeness (QED) is 0.102. The molecule has 2 aromatic heterocycles. The Morgan fingerprint density at radius 3 is 2.39 bits per heavy atom. The van der Waals surface area contributed by atoms with Gasteiger partial charge in [-0.3, -0.25) is 30.3 Å². The average Bonchev–Trinajstić information content (AvgIpc) is 3.72. The molecule has 3 aromatic carbocycles. The van der Waals surface area contributed by atoms with Crippen LogP contribution in [0.3, 0.4) is 0 Å². The number of rotatable bonds is 7. The summed E-state index contributed by atoms with van der Waals surface area (Å²) in [6, 6.07) is 19.3. The fourth-order valence-electron chi connectivity index (χ4n) is 4.68. The van der Waals surface area contributed by atoms with Crippen molar-refractivity contribution in [1.82, 2.24) is 20.2 Å². The third kappa shape index (κ3) is 7.01. The molecule has 3 N–H and O–H groups in total. The second kappa shape index (κ2) is 13.8. The molecule has 0 spiro atoms. The van der Waals surface area contributed by atoms with Gasteiger partial charge in [-0.15, -0.1) is 0 Å². The Balaban J connectivity index is 0.000000184. The van der Waals surface area contributed by atoms with Crippen molar-refractivity contribution in [1.29, 1.82) is 0 Å². The van der Waals surface area contributed by atoms with E-state index in [1.165, 1.54) is 0 Å². The van der Waals surface area contributed by atoms with Gasteiger partial charge in [0.25, 0.3) is 11.8 Å². The second-order valence-electron chi connectivity index (χ2n) is 9.74. The zero-order chi connectivity index (χ0) is 33.0. The van der Waals surface area contributed by atoms with Crippen molar-refractivity contribution in [3.8, 4) is 5.75 Å². The molecule has 0 unspecified atom stereocenters. The van der Waals surface area contributed by atoms with Gasteiger partial charge in [0.1, 0.15) is 11.9 Å². The number of fused-ring (bicyclic) bond motifs is 1. The SMILES string of the molecule is COc1ccc(CNC(=O)Nc2ncc([N+](=O)[O-])s2)cc1.Cn1cc(C2=C(c3ccc(Cl)cc3Cl)C(=O)NC2=O)c2ccccc21. The van der Waals surface area contributed by atoms with E-state index in [4.69, 9.17) is 27.9 Å². The van der Waals surface area contributed by atoms with E-state index in [-0.39, 0.29) is 15.7 Å². The number of ether oxygens (including phenoxy) is 1. The van der Waals surface area contributed by atoms with Crippen molar-refractivity contribution in [2.24, 2.45) is 7.05 Å². The first-order valence-electron chi connectivity index (χ1n) is 13.4. The van der Waals surface area contributed by atoms with Gasteiger partial charge < -0.3 is 14.6 Å². The number of carbonyl (C=O) groups excluding carboxylic acids is 3. The van der Waals surface area contributed by atoms with Crippen molar-refractivity contribution in [3.63, 3.8) is 0 Å². The highest BCUT2D eigenvalue weighted by Gasteiger charge is 2.34. The summed E-state index contributed by atoms with van der Waals surface area (Å²) in [4.78, 5) is 50.3. The maximum atomic E-state index is 12.5. The number of amides is 4. The number of urea groups is 1. The molecule has 0 aliphatic carbocycles. The van der Waals surface area contributed by atoms with Crippen LogP contribution in [0, 0.1) is 10.1 Å². The predicted molar refractivity (Wildman–Crippen MR) is 177 cm³/mol. The Labute approximate surface area is 275 Å². The van der Waals surface area contributed by atoms with Gasteiger partial charge in [0.15, 0.2) is 5.13 Å². The summed E-state index contributed by atoms with van der Waals surface area (Å²) < 4.78 is 6.96. The molecular formula is C31H24Cl2N6O6S. The molecule has 1 aliphatic rings. The zero-order valence-corrected chi connectivity index (χ0v) is 26.5. The first-order valence-corrected chi connectivity index (χ1v) is 15.0. The van der Waals surface area contributed by atoms with Crippen LogP contribution < -0.4 is 20.7 Å². The van der Waals surface area contributed by atoms with Gasteiger partial charge in [-0.1, -0.05) is 59.6 Å². The van der Waals surface area contributed by atoms with E-state index in [0.717, 1.165) is 39.7 Å². The maximum absolute atomic E-state index is 12.5. The molecule has 5 aromatic rings. The molecule has 0 atom stereocenters. The van der Waals surface area contributed by atoms with Gasteiger partial charge in [0.05, 0.1) is 28.2 Å². The van der Waals surface area contributed by atoms with Crippen LogP contribution >= 0.6 is 34.5 Å². The molecular weight excluding hydrogens is 655 g/mol. The minimum atomic E-state index is -0.557. The lowest BCUT2D eigenvalue weighted by molar-refractivity contribution is -0.380. The Bertz CT molecular complexity index is 2020. The Hall–Kier alpha value is -5.24. The summed E-state index contributed by atoms with van der Waals surface area (Å²) in [5, 5.41) is 19.7. The third-order valence-electron chi connectivity index (χ3n) is 6.80. The summed E-state index contributed by atoms with van der Waals surface area (Å²) in [6.07, 6.45) is 2.95. The normalized spacial score (nSPS) is 12.4. The van der Waals surface area contributed by atoms with Crippen LogP contribution in [0.4, 0.5) is 14.9 Å². The molecule has 4 amide bonds. The Kier molecular flexibility index (Phi) is 9.66. The monoisotopic (exact) mass is 678 g/mol. The average molecular weight is 680 g/mol. The van der Waals surface area contributed by atoms with Gasteiger partial charge in [0.2, 0.25) is 0 Å². The van der Waals surface area contributed by atoms with E-state index in [2.05, 4.69) is 20.9 Å². The van der Waals surface area contributed by atoms with Crippen LogP contribution in [0.15, 0.2) is 79.1 Å². The highest BCUT2D eigenvalue weighted by Crippen LogP contribution is 2.38. The van der Waals surface area contributed by atoms with Gasteiger partial charge in [-0.25, -0.2) is 9.78 Å². The van der Waals surface area contributed by atoms with Crippen LogP contribution in [0.5, 0.6) is 5.75 Å². The molecule has 1 aliphatic heterocycles. The highest BCUT2D eigenvalue weighted by molar-refractivity contribution is 7.18. The number of benzene rings is 3. The first kappa shape index (κ1) is 32.2. The van der Waals surface area contributed by atoms with Crippen molar-refractivity contribution in [2.75, 3.05) is 12.4 Å². The molecule has 0 bridgehead atoms. The van der Waals surface area contributed by atoms with E-state index < -0.39 is 22.8 Å². The van der Waals surface area contributed by atoms with Gasteiger partial charge in [-0.05, 0) is 47.2 Å². The number of nitro groups is 1. The van der Waals surface area contributed by atoms with E-state index in [0.29, 0.717) is 33.3 Å². The summed E-state index contributed by atoms with van der Waals surface area (Å²) in [5.74, 6) is -0.155. The van der Waals surface area contributed by atoms with Gasteiger partial charge in [-0.2, -0.15) is 0 Å². The van der Waals surface area contributed by atoms with Crippen molar-refractivity contribution < 1.29 is 24.0 Å². The fraction of sp³-hybridized carbons (Fsp3) is 0.0968. The molecule has 15 heteroatoms. The Morgan fingerprint density at radius 2 is 1.74 bits per heavy atom. The number of nitrogens with zero attached hydrogens (tertiary/aromatic N) is 3.